The van der Waals surface area contributed by atoms with Crippen molar-refractivity contribution in [2.24, 2.45) is 11.8 Å². The molecule has 3 atom stereocenters. The fourth-order valence-electron chi connectivity index (χ4n) is 2.23. The molecule has 0 saturated carbocycles. The van der Waals surface area contributed by atoms with E-state index in [1.165, 1.54) is 0 Å². The molecule has 0 amide bonds. The van der Waals surface area contributed by atoms with Gasteiger partial charge in [-0.25, -0.2) is 0 Å². The highest BCUT2D eigenvalue weighted by molar-refractivity contribution is 6.31. The summed E-state index contributed by atoms with van der Waals surface area (Å²) in [5, 5.41) is 0.730. The molecule has 0 aliphatic carbocycles. The Balaban J connectivity index is 2.25. The third-order valence-corrected chi connectivity index (χ3v) is 3.54. The highest BCUT2D eigenvalue weighted by atomic mass is 35.5. The molecule has 3 nitrogen and oxygen atoms in total. The molecular weight excluding hydrogens is 224 g/mol. The smallest absolute Gasteiger partial charge is 0.0809 e. The molecular formula is C12H17ClN2O. The number of hydrogen-bond donors (Lipinski definition) is 2. The van der Waals surface area contributed by atoms with Crippen molar-refractivity contribution in [3.8, 4) is 0 Å². The van der Waals surface area contributed by atoms with E-state index in [4.69, 9.17) is 22.2 Å². The van der Waals surface area contributed by atoms with Crippen LogP contribution >= 0.6 is 11.6 Å². The van der Waals surface area contributed by atoms with Crippen LogP contribution in [-0.4, -0.2) is 12.7 Å². The predicted octanol–water partition coefficient (Wildman–Crippen LogP) is 2.27. The summed E-state index contributed by atoms with van der Waals surface area (Å²) in [7, 11) is 0. The summed E-state index contributed by atoms with van der Waals surface area (Å²) in [5.41, 5.74) is 3.83. The van der Waals surface area contributed by atoms with Crippen molar-refractivity contribution in [2.75, 3.05) is 6.61 Å². The molecule has 16 heavy (non-hydrogen) atoms. The molecule has 3 N–H and O–H groups in total. The molecule has 88 valence electrons. The molecule has 0 spiro atoms. The molecule has 1 aliphatic heterocycles. The highest BCUT2D eigenvalue weighted by Gasteiger charge is 2.33. The summed E-state index contributed by atoms with van der Waals surface area (Å²) in [6.45, 7) is 2.98. The maximum Gasteiger partial charge on any atom is 0.0809 e. The topological polar surface area (TPSA) is 47.3 Å². The second kappa shape index (κ2) is 5.15. The standard InChI is InChI=1S/C12H17ClN2O/c1-8-6-7-16-12(8)11(15-14)9-4-2-3-5-10(9)13/h2-5,8,11-12,15H,6-7,14H2,1H3. The van der Waals surface area contributed by atoms with Gasteiger partial charge in [-0.2, -0.15) is 0 Å². The van der Waals surface area contributed by atoms with Gasteiger partial charge in [0.25, 0.3) is 0 Å². The second-order valence-corrected chi connectivity index (χ2v) is 4.67. The van der Waals surface area contributed by atoms with Gasteiger partial charge < -0.3 is 4.74 Å². The molecule has 1 saturated heterocycles. The van der Waals surface area contributed by atoms with Gasteiger partial charge in [-0.15, -0.1) is 0 Å². The Morgan fingerprint density at radius 2 is 2.25 bits per heavy atom. The van der Waals surface area contributed by atoms with E-state index < -0.39 is 0 Å². The zero-order chi connectivity index (χ0) is 11.5. The maximum absolute atomic E-state index is 6.17. The van der Waals surface area contributed by atoms with Crippen LogP contribution < -0.4 is 11.3 Å². The summed E-state index contributed by atoms with van der Waals surface area (Å²) in [4.78, 5) is 0. The monoisotopic (exact) mass is 240 g/mol. The Labute approximate surface area is 101 Å². The van der Waals surface area contributed by atoms with Crippen molar-refractivity contribution in [1.82, 2.24) is 5.43 Å². The third-order valence-electron chi connectivity index (χ3n) is 3.19. The number of benzene rings is 1. The number of nitrogens with two attached hydrogens (primary N) is 1. The molecule has 1 fully saturated rings. The van der Waals surface area contributed by atoms with Gasteiger partial charge in [0.15, 0.2) is 0 Å². The zero-order valence-corrected chi connectivity index (χ0v) is 10.1. The van der Waals surface area contributed by atoms with Gasteiger partial charge in [0.1, 0.15) is 0 Å². The van der Waals surface area contributed by atoms with Crippen molar-refractivity contribution >= 4 is 11.6 Å². The zero-order valence-electron chi connectivity index (χ0n) is 9.32. The lowest BCUT2D eigenvalue weighted by Gasteiger charge is -2.26. The van der Waals surface area contributed by atoms with Gasteiger partial charge in [0, 0.05) is 11.6 Å². The van der Waals surface area contributed by atoms with E-state index in [1.807, 2.05) is 24.3 Å². The fourth-order valence-corrected chi connectivity index (χ4v) is 2.49. The van der Waals surface area contributed by atoms with Crippen LogP contribution in [0.15, 0.2) is 24.3 Å². The Hall–Kier alpha value is -0.610. The first-order chi connectivity index (χ1) is 7.74. The predicted molar refractivity (Wildman–Crippen MR) is 65.0 cm³/mol. The number of nitrogens with one attached hydrogen (secondary N) is 1. The first-order valence-corrected chi connectivity index (χ1v) is 5.94. The van der Waals surface area contributed by atoms with E-state index in [9.17, 15) is 0 Å². The maximum atomic E-state index is 6.17. The van der Waals surface area contributed by atoms with Gasteiger partial charge >= 0.3 is 0 Å². The van der Waals surface area contributed by atoms with Gasteiger partial charge in [-0.1, -0.05) is 36.7 Å². The molecule has 1 aromatic carbocycles. The van der Waals surface area contributed by atoms with Crippen LogP contribution in [0.3, 0.4) is 0 Å². The van der Waals surface area contributed by atoms with Crippen molar-refractivity contribution in [2.45, 2.75) is 25.5 Å². The molecule has 0 bridgehead atoms. The average Bonchev–Trinajstić information content (AvgIpc) is 2.69. The molecule has 1 aromatic rings. The lowest BCUT2D eigenvalue weighted by atomic mass is 9.93. The van der Waals surface area contributed by atoms with E-state index in [0.717, 1.165) is 23.6 Å². The molecule has 0 aromatic heterocycles. The van der Waals surface area contributed by atoms with Crippen molar-refractivity contribution in [1.29, 1.82) is 0 Å². The molecule has 0 radical (unpaired) electrons. The minimum atomic E-state index is -0.0359. The van der Waals surface area contributed by atoms with Crippen molar-refractivity contribution in [3.05, 3.63) is 34.9 Å². The van der Waals surface area contributed by atoms with Crippen LogP contribution in [-0.2, 0) is 4.74 Å². The highest BCUT2D eigenvalue weighted by Crippen LogP contribution is 2.33. The molecule has 1 heterocycles. The largest absolute Gasteiger partial charge is 0.376 e. The molecule has 3 unspecified atom stereocenters. The Kier molecular flexibility index (Phi) is 3.82. The Morgan fingerprint density at radius 3 is 2.81 bits per heavy atom. The van der Waals surface area contributed by atoms with Crippen LogP contribution in [0.5, 0.6) is 0 Å². The number of halogens is 1. The van der Waals surface area contributed by atoms with Crippen LogP contribution in [0.1, 0.15) is 24.9 Å². The summed E-state index contributed by atoms with van der Waals surface area (Å²) in [6.07, 6.45) is 1.18. The normalized spacial score (nSPS) is 26.9. The van der Waals surface area contributed by atoms with Gasteiger partial charge in [-0.3, -0.25) is 11.3 Å². The van der Waals surface area contributed by atoms with Crippen molar-refractivity contribution in [3.63, 3.8) is 0 Å². The number of rotatable bonds is 3. The second-order valence-electron chi connectivity index (χ2n) is 4.27. The summed E-state index contributed by atoms with van der Waals surface area (Å²) in [6, 6.07) is 7.71. The average molecular weight is 241 g/mol. The summed E-state index contributed by atoms with van der Waals surface area (Å²) in [5.74, 6) is 6.12. The van der Waals surface area contributed by atoms with E-state index in [1.54, 1.807) is 0 Å². The summed E-state index contributed by atoms with van der Waals surface area (Å²) < 4.78 is 5.73. The van der Waals surface area contributed by atoms with Crippen molar-refractivity contribution < 1.29 is 4.74 Å². The molecule has 2 rings (SSSR count). The Bertz CT molecular complexity index is 359. The van der Waals surface area contributed by atoms with E-state index in [-0.39, 0.29) is 12.1 Å². The first kappa shape index (κ1) is 11.9. The summed E-state index contributed by atoms with van der Waals surface area (Å²) >= 11 is 6.17. The minimum absolute atomic E-state index is 0.0359. The quantitative estimate of drug-likeness (QED) is 0.630. The van der Waals surface area contributed by atoms with Crippen LogP contribution in [0.4, 0.5) is 0 Å². The van der Waals surface area contributed by atoms with Gasteiger partial charge in [0.2, 0.25) is 0 Å². The number of hydrogen-bond acceptors (Lipinski definition) is 3. The number of hydrazine groups is 1. The molecule has 1 aliphatic rings. The van der Waals surface area contributed by atoms with E-state index in [0.29, 0.717) is 5.92 Å². The van der Waals surface area contributed by atoms with Gasteiger partial charge in [-0.05, 0) is 24.0 Å². The van der Waals surface area contributed by atoms with Crippen LogP contribution in [0.2, 0.25) is 5.02 Å². The lowest BCUT2D eigenvalue weighted by Crippen LogP contribution is -2.38. The lowest BCUT2D eigenvalue weighted by molar-refractivity contribution is 0.0607. The van der Waals surface area contributed by atoms with Crippen LogP contribution in [0, 0.1) is 5.92 Å². The SMILES string of the molecule is CC1CCOC1C(NN)c1ccccc1Cl. The fraction of sp³-hybridized carbons (Fsp3) is 0.500. The van der Waals surface area contributed by atoms with E-state index >= 15 is 0 Å². The first-order valence-electron chi connectivity index (χ1n) is 5.56. The minimum Gasteiger partial charge on any atom is -0.376 e. The van der Waals surface area contributed by atoms with Crippen LogP contribution in [0.25, 0.3) is 0 Å². The third kappa shape index (κ3) is 2.23. The molecule has 4 heteroatoms. The van der Waals surface area contributed by atoms with Gasteiger partial charge in [0.05, 0.1) is 12.1 Å². The Morgan fingerprint density at radius 1 is 1.50 bits per heavy atom. The van der Waals surface area contributed by atoms with E-state index in [2.05, 4.69) is 12.3 Å². The number of ether oxygens (including phenoxy) is 1.